The van der Waals surface area contributed by atoms with Gasteiger partial charge in [0.05, 0.1) is 6.54 Å². The number of carbonyl (C=O) groups is 1. The van der Waals surface area contributed by atoms with Gasteiger partial charge in [0.1, 0.15) is 16.8 Å². The molecule has 0 aliphatic rings. The van der Waals surface area contributed by atoms with Crippen LogP contribution in [0.3, 0.4) is 0 Å². The van der Waals surface area contributed by atoms with E-state index in [4.69, 9.17) is 11.6 Å². The molecule has 2 aromatic rings. The Bertz CT molecular complexity index is 604. The average molecular weight is 305 g/mol. The van der Waals surface area contributed by atoms with Crippen molar-refractivity contribution in [2.75, 3.05) is 11.9 Å². The van der Waals surface area contributed by atoms with E-state index in [1.54, 1.807) is 6.07 Å². The van der Waals surface area contributed by atoms with Crippen molar-refractivity contribution in [1.82, 2.24) is 15.3 Å². The summed E-state index contributed by atoms with van der Waals surface area (Å²) in [6.45, 7) is 2.59. The number of hydrogen-bond donors (Lipinski definition) is 2. The second kappa shape index (κ2) is 7.59. The lowest BCUT2D eigenvalue weighted by atomic mass is 10.2. The normalized spacial score (nSPS) is 10.2. The van der Waals surface area contributed by atoms with E-state index in [2.05, 4.69) is 20.6 Å². The number of nitrogens with one attached hydrogen (secondary N) is 2. The number of anilines is 1. The molecule has 0 radical (unpaired) electrons. The van der Waals surface area contributed by atoms with Crippen LogP contribution in [0.4, 0.5) is 5.82 Å². The fourth-order valence-corrected chi connectivity index (χ4v) is 1.94. The molecule has 110 valence electrons. The van der Waals surface area contributed by atoms with E-state index < -0.39 is 0 Å². The van der Waals surface area contributed by atoms with Crippen molar-refractivity contribution in [3.63, 3.8) is 0 Å². The van der Waals surface area contributed by atoms with Crippen LogP contribution in [0.1, 0.15) is 18.3 Å². The molecule has 0 saturated carbocycles. The average Bonchev–Trinajstić information content (AvgIpc) is 2.51. The van der Waals surface area contributed by atoms with Crippen molar-refractivity contribution in [3.05, 3.63) is 52.9 Å². The van der Waals surface area contributed by atoms with Crippen molar-refractivity contribution >= 4 is 23.3 Å². The van der Waals surface area contributed by atoms with Crippen LogP contribution in [-0.4, -0.2) is 22.4 Å². The van der Waals surface area contributed by atoms with Gasteiger partial charge < -0.3 is 10.6 Å². The van der Waals surface area contributed by atoms with E-state index >= 15 is 0 Å². The van der Waals surface area contributed by atoms with E-state index in [-0.39, 0.29) is 12.5 Å². The number of amides is 1. The molecule has 1 amide bonds. The highest BCUT2D eigenvalue weighted by Gasteiger charge is 2.05. The lowest BCUT2D eigenvalue weighted by Gasteiger charge is -2.08. The van der Waals surface area contributed by atoms with Crippen LogP contribution < -0.4 is 10.6 Å². The highest BCUT2D eigenvalue weighted by molar-refractivity contribution is 6.29. The highest BCUT2D eigenvalue weighted by atomic mass is 35.5. The van der Waals surface area contributed by atoms with Gasteiger partial charge in [-0.2, -0.15) is 0 Å². The summed E-state index contributed by atoms with van der Waals surface area (Å²) in [5, 5.41) is 6.15. The first-order valence-corrected chi connectivity index (χ1v) is 7.13. The first-order chi connectivity index (χ1) is 10.2. The number of halogens is 1. The zero-order chi connectivity index (χ0) is 15.1. The topological polar surface area (TPSA) is 66.9 Å². The number of hydrogen-bond acceptors (Lipinski definition) is 4. The van der Waals surface area contributed by atoms with Gasteiger partial charge in [0.2, 0.25) is 5.91 Å². The van der Waals surface area contributed by atoms with Crippen LogP contribution in [0.2, 0.25) is 5.15 Å². The van der Waals surface area contributed by atoms with Gasteiger partial charge in [-0.05, 0) is 5.56 Å². The minimum Gasteiger partial charge on any atom is -0.361 e. The zero-order valence-corrected chi connectivity index (χ0v) is 12.5. The summed E-state index contributed by atoms with van der Waals surface area (Å²) in [4.78, 5) is 20.1. The van der Waals surface area contributed by atoms with Crippen molar-refractivity contribution in [2.45, 2.75) is 19.9 Å². The summed E-state index contributed by atoms with van der Waals surface area (Å²) in [7, 11) is 0. The number of nitrogens with zero attached hydrogens (tertiary/aromatic N) is 2. The van der Waals surface area contributed by atoms with Crippen molar-refractivity contribution < 1.29 is 4.79 Å². The van der Waals surface area contributed by atoms with E-state index in [1.807, 2.05) is 37.3 Å². The summed E-state index contributed by atoms with van der Waals surface area (Å²) >= 11 is 5.89. The molecule has 0 bridgehead atoms. The molecule has 0 spiro atoms. The van der Waals surface area contributed by atoms with Crippen molar-refractivity contribution in [2.24, 2.45) is 0 Å². The monoisotopic (exact) mass is 304 g/mol. The molecule has 1 aromatic heterocycles. The summed E-state index contributed by atoms with van der Waals surface area (Å²) < 4.78 is 0. The third kappa shape index (κ3) is 5.04. The van der Waals surface area contributed by atoms with Gasteiger partial charge in [-0.3, -0.25) is 4.79 Å². The maximum Gasteiger partial charge on any atom is 0.239 e. The van der Waals surface area contributed by atoms with E-state index in [0.717, 1.165) is 5.56 Å². The zero-order valence-electron chi connectivity index (χ0n) is 11.8. The first kappa shape index (κ1) is 15.3. The van der Waals surface area contributed by atoms with Crippen molar-refractivity contribution in [3.8, 4) is 0 Å². The molecular weight excluding hydrogens is 288 g/mol. The summed E-state index contributed by atoms with van der Waals surface area (Å²) in [5.74, 6) is 1.10. The smallest absolute Gasteiger partial charge is 0.239 e. The van der Waals surface area contributed by atoms with Crippen LogP contribution in [0.5, 0.6) is 0 Å². The van der Waals surface area contributed by atoms with E-state index in [0.29, 0.717) is 29.8 Å². The first-order valence-electron chi connectivity index (χ1n) is 6.75. The summed E-state index contributed by atoms with van der Waals surface area (Å²) in [5.41, 5.74) is 1.06. The minimum absolute atomic E-state index is 0.105. The molecule has 0 fully saturated rings. The Balaban J connectivity index is 1.82. The summed E-state index contributed by atoms with van der Waals surface area (Å²) in [6.07, 6.45) is 0.690. The Labute approximate surface area is 128 Å². The third-order valence-electron chi connectivity index (χ3n) is 2.82. The number of aromatic nitrogens is 2. The molecule has 6 heteroatoms. The number of rotatable bonds is 6. The maximum atomic E-state index is 11.8. The number of carbonyl (C=O) groups excluding carboxylic acids is 1. The number of benzene rings is 1. The molecule has 1 heterocycles. The highest BCUT2D eigenvalue weighted by Crippen LogP contribution is 2.11. The lowest BCUT2D eigenvalue weighted by Crippen LogP contribution is -2.29. The molecule has 0 unspecified atom stereocenters. The molecule has 2 rings (SSSR count). The molecule has 1 aromatic carbocycles. The van der Waals surface area contributed by atoms with Gasteiger partial charge in [0.25, 0.3) is 0 Å². The van der Waals surface area contributed by atoms with Crippen LogP contribution in [-0.2, 0) is 17.8 Å². The largest absolute Gasteiger partial charge is 0.361 e. The van der Waals surface area contributed by atoms with Gasteiger partial charge in [-0.15, -0.1) is 0 Å². The predicted octanol–water partition coefficient (Wildman–Crippen LogP) is 2.42. The number of aryl methyl sites for hydroxylation is 1. The summed E-state index contributed by atoms with van der Waals surface area (Å²) in [6, 6.07) is 11.4. The van der Waals surface area contributed by atoms with Crippen LogP contribution >= 0.6 is 11.6 Å². The van der Waals surface area contributed by atoms with Crippen molar-refractivity contribution in [1.29, 1.82) is 0 Å². The second-order valence-corrected chi connectivity index (χ2v) is 4.85. The predicted molar refractivity (Wildman–Crippen MR) is 83.2 cm³/mol. The Morgan fingerprint density at radius 2 is 2.00 bits per heavy atom. The standard InChI is InChI=1S/C15H17ClN4O/c1-2-13-19-12(16)8-14(20-13)17-10-15(21)18-9-11-6-4-3-5-7-11/h3-8H,2,9-10H2,1H3,(H,18,21)(H,17,19,20). The lowest BCUT2D eigenvalue weighted by molar-refractivity contribution is -0.119. The van der Waals surface area contributed by atoms with Crippen LogP contribution in [0.15, 0.2) is 36.4 Å². The Kier molecular flexibility index (Phi) is 5.51. The van der Waals surface area contributed by atoms with Crippen LogP contribution in [0, 0.1) is 0 Å². The van der Waals surface area contributed by atoms with Crippen LogP contribution in [0.25, 0.3) is 0 Å². The Morgan fingerprint density at radius 1 is 1.24 bits per heavy atom. The fourth-order valence-electron chi connectivity index (χ4n) is 1.74. The third-order valence-corrected chi connectivity index (χ3v) is 3.01. The molecule has 2 N–H and O–H groups in total. The molecular formula is C15H17ClN4O. The van der Waals surface area contributed by atoms with Gasteiger partial charge >= 0.3 is 0 Å². The SMILES string of the molecule is CCc1nc(Cl)cc(NCC(=O)NCc2ccccc2)n1. The van der Waals surface area contributed by atoms with Gasteiger partial charge in [0, 0.05) is 19.0 Å². The van der Waals surface area contributed by atoms with E-state index in [1.165, 1.54) is 0 Å². The quantitative estimate of drug-likeness (QED) is 0.804. The molecule has 0 aliphatic heterocycles. The molecule has 21 heavy (non-hydrogen) atoms. The van der Waals surface area contributed by atoms with Gasteiger partial charge in [-0.25, -0.2) is 9.97 Å². The fraction of sp³-hybridized carbons (Fsp3) is 0.267. The van der Waals surface area contributed by atoms with E-state index in [9.17, 15) is 4.79 Å². The molecule has 0 atom stereocenters. The molecule has 0 saturated heterocycles. The Hall–Kier alpha value is -2.14. The van der Waals surface area contributed by atoms with Gasteiger partial charge in [0.15, 0.2) is 0 Å². The maximum absolute atomic E-state index is 11.8. The minimum atomic E-state index is -0.105. The Morgan fingerprint density at radius 3 is 2.71 bits per heavy atom. The molecule has 0 aliphatic carbocycles. The molecule has 5 nitrogen and oxygen atoms in total. The second-order valence-electron chi connectivity index (χ2n) is 4.46. The van der Waals surface area contributed by atoms with Gasteiger partial charge in [-0.1, -0.05) is 48.9 Å².